The molecule has 1 aliphatic carbocycles. The lowest BCUT2D eigenvalue weighted by atomic mass is 9.83. The van der Waals surface area contributed by atoms with E-state index in [1.807, 2.05) is 24.3 Å². The van der Waals surface area contributed by atoms with Crippen molar-refractivity contribution < 1.29 is 24.2 Å². The van der Waals surface area contributed by atoms with Crippen molar-refractivity contribution >= 4 is 24.1 Å². The zero-order valence-corrected chi connectivity index (χ0v) is 16.7. The van der Waals surface area contributed by atoms with E-state index in [0.717, 1.165) is 42.6 Å². The maximum Gasteiger partial charge on any atom is 0.342 e. The minimum Gasteiger partial charge on any atom is -0.488 e. The average molecular weight is 404 g/mol. The van der Waals surface area contributed by atoms with E-state index in [2.05, 4.69) is 0 Å². The van der Waals surface area contributed by atoms with E-state index in [9.17, 15) is 14.7 Å². The number of rotatable bonds is 5. The highest BCUT2D eigenvalue weighted by Gasteiger charge is 2.23. The maximum atomic E-state index is 12.5. The van der Waals surface area contributed by atoms with Crippen LogP contribution in [0.1, 0.15) is 43.2 Å². The smallest absolute Gasteiger partial charge is 0.342 e. The quantitative estimate of drug-likeness (QED) is 0.426. The van der Waals surface area contributed by atoms with Gasteiger partial charge in [-0.05, 0) is 54.7 Å². The van der Waals surface area contributed by atoms with Crippen molar-refractivity contribution in [3.05, 3.63) is 70.8 Å². The number of hydrogen-bond acceptors (Lipinski definition) is 4. The summed E-state index contributed by atoms with van der Waals surface area (Å²) in [4.78, 5) is 24.2. The van der Waals surface area contributed by atoms with Crippen LogP contribution in [0.3, 0.4) is 0 Å². The topological polar surface area (TPSA) is 72.8 Å². The number of hydrogen-bond donors (Lipinski definition) is 1. The lowest BCUT2D eigenvalue weighted by Gasteiger charge is -2.22. The molecule has 0 aromatic heterocycles. The summed E-state index contributed by atoms with van der Waals surface area (Å²) in [6, 6.07) is 14.4. The average Bonchev–Trinajstić information content (AvgIpc) is 2.78. The molecule has 1 N–H and O–H groups in total. The van der Waals surface area contributed by atoms with Gasteiger partial charge in [0.1, 0.15) is 18.1 Å². The van der Waals surface area contributed by atoms with Gasteiger partial charge in [0.15, 0.2) is 0 Å². The van der Waals surface area contributed by atoms with Crippen LogP contribution in [0.4, 0.5) is 0 Å². The molecule has 0 radical (unpaired) electrons. The van der Waals surface area contributed by atoms with E-state index in [0.29, 0.717) is 16.9 Å². The van der Waals surface area contributed by atoms with Crippen LogP contribution in [0.15, 0.2) is 59.7 Å². The van der Waals surface area contributed by atoms with E-state index in [1.54, 1.807) is 36.4 Å². The molecule has 0 spiro atoms. The van der Waals surface area contributed by atoms with Crippen molar-refractivity contribution in [2.24, 2.45) is 5.92 Å². The Kier molecular flexibility index (Phi) is 5.98. The molecule has 0 atom stereocenters. The van der Waals surface area contributed by atoms with E-state index < -0.39 is 11.9 Å². The first kappa shape index (κ1) is 20.0. The van der Waals surface area contributed by atoms with Crippen molar-refractivity contribution in [1.82, 2.24) is 0 Å². The van der Waals surface area contributed by atoms with Crippen LogP contribution in [0.25, 0.3) is 12.2 Å². The van der Waals surface area contributed by atoms with Crippen LogP contribution in [0.5, 0.6) is 11.5 Å². The van der Waals surface area contributed by atoms with Crippen LogP contribution >= 0.6 is 0 Å². The number of esters is 1. The summed E-state index contributed by atoms with van der Waals surface area (Å²) in [7, 11) is 0. The first-order chi connectivity index (χ1) is 14.6. The normalized spacial score (nSPS) is 16.8. The molecule has 1 heterocycles. The number of benzene rings is 2. The van der Waals surface area contributed by atoms with Gasteiger partial charge in [0.05, 0.1) is 5.57 Å². The van der Waals surface area contributed by atoms with Gasteiger partial charge >= 0.3 is 11.9 Å². The molecule has 30 heavy (non-hydrogen) atoms. The zero-order chi connectivity index (χ0) is 20.9. The molecule has 0 saturated heterocycles. The third-order valence-corrected chi connectivity index (χ3v) is 5.60. The molecule has 1 fully saturated rings. The van der Waals surface area contributed by atoms with Gasteiger partial charge in [0.25, 0.3) is 0 Å². The van der Waals surface area contributed by atoms with Crippen molar-refractivity contribution in [1.29, 1.82) is 0 Å². The van der Waals surface area contributed by atoms with E-state index in [4.69, 9.17) is 9.47 Å². The number of carbonyl (C=O) groups is 2. The molecular formula is C25H24O5. The molecule has 2 aliphatic rings. The Balaban J connectivity index is 1.45. The summed E-state index contributed by atoms with van der Waals surface area (Å²) in [5.74, 6) is -0.0538. The number of fused-ring (bicyclic) bond motifs is 1. The van der Waals surface area contributed by atoms with Crippen LogP contribution < -0.4 is 9.47 Å². The van der Waals surface area contributed by atoms with E-state index in [-0.39, 0.29) is 12.5 Å². The van der Waals surface area contributed by atoms with E-state index in [1.165, 1.54) is 6.42 Å². The predicted molar refractivity (Wildman–Crippen MR) is 114 cm³/mol. The zero-order valence-electron chi connectivity index (χ0n) is 16.7. The summed E-state index contributed by atoms with van der Waals surface area (Å²) in [6.07, 6.45) is 8.70. The Morgan fingerprint density at radius 1 is 1.00 bits per heavy atom. The SMILES string of the molecule is O=C(Oc1ccc(/C=C(/C(=O)O)C2CCCCC2)cc1)C1=Cc2ccccc2OC1. The molecule has 0 bridgehead atoms. The fourth-order valence-corrected chi connectivity index (χ4v) is 3.99. The van der Waals surface area contributed by atoms with Gasteiger partial charge in [-0.1, -0.05) is 49.6 Å². The second-order valence-corrected chi connectivity index (χ2v) is 7.69. The maximum absolute atomic E-state index is 12.5. The first-order valence-corrected chi connectivity index (χ1v) is 10.3. The Morgan fingerprint density at radius 2 is 1.73 bits per heavy atom. The summed E-state index contributed by atoms with van der Waals surface area (Å²) in [6.45, 7) is 0.167. The summed E-state index contributed by atoms with van der Waals surface area (Å²) in [5, 5.41) is 9.62. The Labute approximate surface area is 175 Å². The minimum absolute atomic E-state index is 0.106. The molecule has 5 nitrogen and oxygen atoms in total. The Hall–Kier alpha value is -3.34. The summed E-state index contributed by atoms with van der Waals surface area (Å²) >= 11 is 0. The molecule has 0 amide bonds. The number of carboxylic acids is 1. The van der Waals surface area contributed by atoms with Crippen LogP contribution in [0.2, 0.25) is 0 Å². The molecule has 154 valence electrons. The highest BCUT2D eigenvalue weighted by Crippen LogP contribution is 2.31. The fraction of sp³-hybridized carbons (Fsp3) is 0.280. The van der Waals surface area contributed by atoms with Gasteiger partial charge in [-0.3, -0.25) is 0 Å². The van der Waals surface area contributed by atoms with Crippen LogP contribution in [0, 0.1) is 5.92 Å². The van der Waals surface area contributed by atoms with Gasteiger partial charge < -0.3 is 14.6 Å². The molecule has 0 unspecified atom stereocenters. The van der Waals surface area contributed by atoms with Crippen LogP contribution in [-0.4, -0.2) is 23.7 Å². The minimum atomic E-state index is -0.859. The van der Waals surface area contributed by atoms with Crippen molar-refractivity contribution in [2.45, 2.75) is 32.1 Å². The number of carbonyl (C=O) groups excluding carboxylic acids is 1. The number of para-hydroxylation sites is 1. The Morgan fingerprint density at radius 3 is 2.47 bits per heavy atom. The number of aliphatic carboxylic acids is 1. The first-order valence-electron chi connectivity index (χ1n) is 10.3. The van der Waals surface area contributed by atoms with Crippen LogP contribution in [-0.2, 0) is 9.59 Å². The standard InChI is InChI=1S/C25H24O5/c26-24(27)22(18-6-2-1-3-7-18)14-17-10-12-21(13-11-17)30-25(28)20-15-19-8-4-5-9-23(19)29-16-20/h4-5,8-15,18H,1-3,6-7,16H2,(H,26,27)/b22-14+. The highest BCUT2D eigenvalue weighted by atomic mass is 16.5. The van der Waals surface area contributed by atoms with Gasteiger partial charge in [-0.15, -0.1) is 0 Å². The van der Waals surface area contributed by atoms with E-state index >= 15 is 0 Å². The van der Waals surface area contributed by atoms with Gasteiger partial charge in [0.2, 0.25) is 0 Å². The molecule has 4 rings (SSSR count). The van der Waals surface area contributed by atoms with Gasteiger partial charge in [-0.25, -0.2) is 9.59 Å². The molecule has 2 aromatic carbocycles. The molecule has 5 heteroatoms. The third-order valence-electron chi connectivity index (χ3n) is 5.60. The number of ether oxygens (including phenoxy) is 2. The van der Waals surface area contributed by atoms with Gasteiger partial charge in [0, 0.05) is 11.1 Å². The van der Waals surface area contributed by atoms with Crippen molar-refractivity contribution in [2.75, 3.05) is 6.61 Å². The third kappa shape index (κ3) is 4.62. The molecule has 1 saturated carbocycles. The summed E-state index contributed by atoms with van der Waals surface area (Å²) in [5.41, 5.74) is 2.54. The fourth-order valence-electron chi connectivity index (χ4n) is 3.99. The molecule has 1 aliphatic heterocycles. The highest BCUT2D eigenvalue weighted by molar-refractivity contribution is 5.96. The predicted octanol–water partition coefficient (Wildman–Crippen LogP) is 5.12. The molecule has 2 aromatic rings. The largest absolute Gasteiger partial charge is 0.488 e. The lowest BCUT2D eigenvalue weighted by Crippen LogP contribution is -2.19. The second kappa shape index (κ2) is 8.99. The Bertz CT molecular complexity index is 994. The van der Waals surface area contributed by atoms with Gasteiger partial charge in [-0.2, -0.15) is 0 Å². The monoisotopic (exact) mass is 404 g/mol. The van der Waals surface area contributed by atoms with Crippen molar-refractivity contribution in [3.8, 4) is 11.5 Å². The second-order valence-electron chi connectivity index (χ2n) is 7.69. The number of carboxylic acid groups (broad SMARTS) is 1. The molecular weight excluding hydrogens is 380 g/mol. The lowest BCUT2D eigenvalue weighted by molar-refractivity contribution is -0.133. The van der Waals surface area contributed by atoms with Crippen molar-refractivity contribution in [3.63, 3.8) is 0 Å². The summed E-state index contributed by atoms with van der Waals surface area (Å²) < 4.78 is 11.1.